The van der Waals surface area contributed by atoms with Crippen LogP contribution < -0.4 is 0 Å². The van der Waals surface area contributed by atoms with Crippen molar-refractivity contribution in [2.45, 2.75) is 44.9 Å². The first-order valence-corrected chi connectivity index (χ1v) is 4.45. The Morgan fingerprint density at radius 3 is 1.40 bits per heavy atom. The number of fused-ring (bicyclic) bond motifs is 2. The van der Waals surface area contributed by atoms with E-state index in [1.165, 1.54) is 12.8 Å². The minimum Gasteiger partial charge on any atom is -0.0528 e. The Kier molecular flexibility index (Phi) is 2.82. The summed E-state index contributed by atoms with van der Waals surface area (Å²) in [4.78, 5) is 0. The van der Waals surface area contributed by atoms with Gasteiger partial charge in [-0.05, 0) is 18.3 Å². The van der Waals surface area contributed by atoms with Crippen molar-refractivity contribution in [2.75, 3.05) is 0 Å². The quantitative estimate of drug-likeness (QED) is 0.447. The van der Waals surface area contributed by atoms with Crippen LogP contribution in [0.25, 0.3) is 0 Å². The Labute approximate surface area is 66.0 Å². The van der Waals surface area contributed by atoms with Crippen LogP contribution in [-0.2, 0) is 0 Å². The lowest BCUT2D eigenvalue weighted by Crippen LogP contribution is -2.20. The van der Waals surface area contributed by atoms with E-state index in [-0.39, 0.29) is 8.41 Å². The molecule has 0 atom stereocenters. The average Bonchev–Trinajstić information content (AvgIpc) is 1.88. The van der Waals surface area contributed by atoms with Gasteiger partial charge in [-0.3, -0.25) is 0 Å². The van der Waals surface area contributed by atoms with E-state index in [2.05, 4.69) is 0 Å². The molecule has 0 aromatic heterocycles. The highest BCUT2D eigenvalue weighted by Gasteiger charge is 2.25. The SMILES string of the molecule is B.C1CC2CCCC(C1)C2. The van der Waals surface area contributed by atoms with Gasteiger partial charge in [-0.1, -0.05) is 38.5 Å². The summed E-state index contributed by atoms with van der Waals surface area (Å²) in [6.45, 7) is 0. The van der Waals surface area contributed by atoms with Crippen molar-refractivity contribution < 1.29 is 0 Å². The highest BCUT2D eigenvalue weighted by atomic mass is 14.3. The molecule has 2 rings (SSSR count). The number of hydrogen-bond donors (Lipinski definition) is 0. The van der Waals surface area contributed by atoms with Crippen LogP contribution in [-0.4, -0.2) is 8.41 Å². The van der Waals surface area contributed by atoms with Crippen LogP contribution in [0.5, 0.6) is 0 Å². The summed E-state index contributed by atoms with van der Waals surface area (Å²) in [5, 5.41) is 0. The molecule has 0 heterocycles. The molecule has 10 heavy (non-hydrogen) atoms. The second-order valence-electron chi connectivity index (χ2n) is 3.83. The topological polar surface area (TPSA) is 0 Å². The fourth-order valence-corrected chi connectivity index (χ4v) is 2.62. The Morgan fingerprint density at radius 2 is 1.10 bits per heavy atom. The smallest absolute Gasteiger partial charge is 0.0528 e. The average molecular weight is 138 g/mol. The molecule has 1 heteroatoms. The Hall–Kier alpha value is 0.0649. The van der Waals surface area contributed by atoms with Crippen molar-refractivity contribution in [3.05, 3.63) is 0 Å². The molecule has 0 unspecified atom stereocenters. The molecule has 0 nitrogen and oxygen atoms in total. The third-order valence-corrected chi connectivity index (χ3v) is 3.12. The fraction of sp³-hybridized carbons (Fsp3) is 1.00. The maximum absolute atomic E-state index is 1.58. The molecule has 2 aliphatic rings. The van der Waals surface area contributed by atoms with Gasteiger partial charge in [0.15, 0.2) is 0 Å². The third kappa shape index (κ3) is 1.56. The number of hydrogen-bond acceptors (Lipinski definition) is 0. The summed E-state index contributed by atoms with van der Waals surface area (Å²) in [5.74, 6) is 2.30. The van der Waals surface area contributed by atoms with Gasteiger partial charge in [-0.25, -0.2) is 0 Å². The minimum absolute atomic E-state index is 0. The summed E-state index contributed by atoms with van der Waals surface area (Å²) >= 11 is 0. The lowest BCUT2D eigenvalue weighted by molar-refractivity contribution is 0.190. The maximum atomic E-state index is 1.58. The molecule has 0 radical (unpaired) electrons. The minimum atomic E-state index is 0. The molecule has 2 fully saturated rings. The van der Waals surface area contributed by atoms with Gasteiger partial charge in [0.2, 0.25) is 0 Å². The standard InChI is InChI=1S/C9H16.BH3/c1-3-8-5-2-6-9(4-1)7-8;/h8-9H,1-7H2;1H3. The van der Waals surface area contributed by atoms with Gasteiger partial charge in [0.1, 0.15) is 0 Å². The predicted molar refractivity (Wildman–Crippen MR) is 49.2 cm³/mol. The van der Waals surface area contributed by atoms with Gasteiger partial charge >= 0.3 is 0 Å². The Morgan fingerprint density at radius 1 is 0.700 bits per heavy atom. The first-order valence-electron chi connectivity index (χ1n) is 4.45. The lowest BCUT2D eigenvalue weighted by Gasteiger charge is -2.33. The molecule has 0 N–H and O–H groups in total. The molecule has 2 aliphatic carbocycles. The molecule has 2 bridgehead atoms. The summed E-state index contributed by atoms with van der Waals surface area (Å²) < 4.78 is 0. The van der Waals surface area contributed by atoms with Crippen LogP contribution in [0.4, 0.5) is 0 Å². The number of rotatable bonds is 0. The molecule has 0 aliphatic heterocycles. The van der Waals surface area contributed by atoms with Crippen LogP contribution in [0.15, 0.2) is 0 Å². The van der Waals surface area contributed by atoms with Crippen LogP contribution >= 0.6 is 0 Å². The van der Waals surface area contributed by atoms with Gasteiger partial charge in [0.25, 0.3) is 0 Å². The largest absolute Gasteiger partial charge is 0.0814 e. The predicted octanol–water partition coefficient (Wildman–Crippen LogP) is 1.79. The molecular weight excluding hydrogens is 119 g/mol. The van der Waals surface area contributed by atoms with Gasteiger partial charge in [-0.15, -0.1) is 0 Å². The molecular formula is C9H19B. The Balaban J connectivity index is 0.000000500. The first kappa shape index (κ1) is 8.16. The zero-order chi connectivity index (χ0) is 6.10. The summed E-state index contributed by atoms with van der Waals surface area (Å²) in [6.07, 6.45) is 10.9. The zero-order valence-electron chi connectivity index (χ0n) is 6.10. The van der Waals surface area contributed by atoms with Gasteiger partial charge < -0.3 is 0 Å². The van der Waals surface area contributed by atoms with Crippen LogP contribution in [0, 0.1) is 11.8 Å². The van der Waals surface area contributed by atoms with E-state index in [0.717, 1.165) is 11.8 Å². The highest BCUT2D eigenvalue weighted by molar-refractivity contribution is 5.75. The van der Waals surface area contributed by atoms with Gasteiger partial charge in [0, 0.05) is 0 Å². The van der Waals surface area contributed by atoms with E-state index in [1.807, 2.05) is 0 Å². The zero-order valence-corrected chi connectivity index (χ0v) is 6.10. The monoisotopic (exact) mass is 138 g/mol. The van der Waals surface area contributed by atoms with Gasteiger partial charge in [-0.2, -0.15) is 0 Å². The second kappa shape index (κ2) is 3.45. The van der Waals surface area contributed by atoms with Crippen molar-refractivity contribution in [3.63, 3.8) is 0 Å². The van der Waals surface area contributed by atoms with Gasteiger partial charge in [0.05, 0.1) is 8.41 Å². The van der Waals surface area contributed by atoms with Crippen molar-refractivity contribution in [1.29, 1.82) is 0 Å². The van der Waals surface area contributed by atoms with Crippen LogP contribution in [0.3, 0.4) is 0 Å². The summed E-state index contributed by atoms with van der Waals surface area (Å²) in [7, 11) is 0. The summed E-state index contributed by atoms with van der Waals surface area (Å²) in [6, 6.07) is 0. The van der Waals surface area contributed by atoms with E-state index in [4.69, 9.17) is 0 Å². The van der Waals surface area contributed by atoms with E-state index >= 15 is 0 Å². The molecule has 0 amide bonds. The van der Waals surface area contributed by atoms with Crippen molar-refractivity contribution >= 4 is 8.41 Å². The lowest BCUT2D eigenvalue weighted by atomic mass is 9.72. The molecule has 2 saturated carbocycles. The summed E-state index contributed by atoms with van der Waals surface area (Å²) in [5.41, 5.74) is 0. The van der Waals surface area contributed by atoms with Crippen molar-refractivity contribution in [2.24, 2.45) is 11.8 Å². The highest BCUT2D eigenvalue weighted by Crippen LogP contribution is 2.39. The van der Waals surface area contributed by atoms with E-state index < -0.39 is 0 Å². The molecule has 58 valence electrons. The fourth-order valence-electron chi connectivity index (χ4n) is 2.62. The van der Waals surface area contributed by atoms with Crippen molar-refractivity contribution in [1.82, 2.24) is 0 Å². The molecule has 0 spiro atoms. The molecule has 0 aromatic rings. The second-order valence-corrected chi connectivity index (χ2v) is 3.83. The van der Waals surface area contributed by atoms with E-state index in [0.29, 0.717) is 0 Å². The molecule has 0 aromatic carbocycles. The Bertz CT molecular complexity index is 80.9. The van der Waals surface area contributed by atoms with Crippen LogP contribution in [0.2, 0.25) is 0 Å². The normalized spacial score (nSPS) is 38.4. The first-order chi connectivity index (χ1) is 4.45. The molecule has 0 saturated heterocycles. The third-order valence-electron chi connectivity index (χ3n) is 3.12. The van der Waals surface area contributed by atoms with Crippen molar-refractivity contribution in [3.8, 4) is 0 Å². The van der Waals surface area contributed by atoms with Crippen LogP contribution in [0.1, 0.15) is 44.9 Å². The maximum Gasteiger partial charge on any atom is 0.0814 e. The van der Waals surface area contributed by atoms with E-state index in [1.54, 1.807) is 32.1 Å². The van der Waals surface area contributed by atoms with E-state index in [9.17, 15) is 0 Å².